The summed E-state index contributed by atoms with van der Waals surface area (Å²) in [6.45, 7) is 3.10. The Balaban J connectivity index is 2.13. The van der Waals surface area contributed by atoms with Crippen LogP contribution in [0.25, 0.3) is 0 Å². The fraction of sp³-hybridized carbons (Fsp3) is 0.533. The summed E-state index contributed by atoms with van der Waals surface area (Å²) in [5.74, 6) is -0.560. The van der Waals surface area contributed by atoms with E-state index in [1.54, 1.807) is 12.1 Å². The Labute approximate surface area is 113 Å². The number of nitrogens with zero attached hydrogens (tertiary/aromatic N) is 1. The lowest BCUT2D eigenvalue weighted by molar-refractivity contribution is -0.135. The van der Waals surface area contributed by atoms with Crippen LogP contribution in [0, 0.1) is 5.82 Å². The number of benzene rings is 1. The second kappa shape index (κ2) is 6.15. The van der Waals surface area contributed by atoms with Crippen LogP contribution in [0.15, 0.2) is 24.3 Å². The zero-order valence-electron chi connectivity index (χ0n) is 11.3. The van der Waals surface area contributed by atoms with E-state index in [9.17, 15) is 9.18 Å². The first-order valence-corrected chi connectivity index (χ1v) is 6.89. The molecule has 2 unspecified atom stereocenters. The van der Waals surface area contributed by atoms with Crippen LogP contribution in [0.5, 0.6) is 0 Å². The van der Waals surface area contributed by atoms with Crippen LogP contribution in [0.1, 0.15) is 37.7 Å². The van der Waals surface area contributed by atoms with Crippen molar-refractivity contribution in [3.05, 3.63) is 35.6 Å². The van der Waals surface area contributed by atoms with Gasteiger partial charge in [0.1, 0.15) is 5.82 Å². The molecule has 0 bridgehead atoms. The second-order valence-corrected chi connectivity index (χ2v) is 5.19. The highest BCUT2D eigenvalue weighted by atomic mass is 19.1. The maximum Gasteiger partial charge on any atom is 0.230 e. The number of likely N-dealkylation sites (tertiary alicyclic amines) is 1. The van der Waals surface area contributed by atoms with Gasteiger partial charge < -0.3 is 10.6 Å². The lowest BCUT2D eigenvalue weighted by Crippen LogP contribution is -2.48. The van der Waals surface area contributed by atoms with Gasteiger partial charge in [0.05, 0.1) is 5.92 Å². The summed E-state index contributed by atoms with van der Waals surface area (Å²) in [7, 11) is 0. The van der Waals surface area contributed by atoms with E-state index in [1.807, 2.05) is 11.8 Å². The molecule has 4 heteroatoms. The highest BCUT2D eigenvalue weighted by molar-refractivity contribution is 5.83. The highest BCUT2D eigenvalue weighted by Gasteiger charge is 2.29. The standard InChI is InChI=1S/C15H21FN2O/c1-11(12-5-4-6-13(16)9-12)15(19)18-8-3-2-7-14(18)10-17/h4-6,9,11,14H,2-3,7-8,10,17H2,1H3. The van der Waals surface area contributed by atoms with Crippen molar-refractivity contribution in [3.8, 4) is 0 Å². The second-order valence-electron chi connectivity index (χ2n) is 5.19. The minimum atomic E-state index is -0.317. The van der Waals surface area contributed by atoms with E-state index >= 15 is 0 Å². The topological polar surface area (TPSA) is 46.3 Å². The van der Waals surface area contributed by atoms with E-state index in [0.717, 1.165) is 31.4 Å². The average Bonchev–Trinajstić information content (AvgIpc) is 2.45. The van der Waals surface area contributed by atoms with Crippen LogP contribution < -0.4 is 5.73 Å². The molecule has 104 valence electrons. The molecule has 2 atom stereocenters. The van der Waals surface area contributed by atoms with Gasteiger partial charge in [-0.1, -0.05) is 12.1 Å². The number of rotatable bonds is 3. The Hall–Kier alpha value is -1.42. The number of carbonyl (C=O) groups excluding carboxylic acids is 1. The van der Waals surface area contributed by atoms with Gasteiger partial charge >= 0.3 is 0 Å². The first-order chi connectivity index (χ1) is 9.13. The molecule has 2 N–H and O–H groups in total. The van der Waals surface area contributed by atoms with Crippen molar-refractivity contribution in [2.45, 2.75) is 38.1 Å². The van der Waals surface area contributed by atoms with Gasteiger partial charge in [-0.15, -0.1) is 0 Å². The Morgan fingerprint density at radius 2 is 2.32 bits per heavy atom. The third-order valence-electron chi connectivity index (χ3n) is 3.90. The summed E-state index contributed by atoms with van der Waals surface area (Å²) in [4.78, 5) is 14.4. The molecule has 0 saturated carbocycles. The van der Waals surface area contributed by atoms with Crippen LogP contribution in [0.4, 0.5) is 4.39 Å². The summed E-state index contributed by atoms with van der Waals surface area (Å²) >= 11 is 0. The van der Waals surface area contributed by atoms with E-state index in [4.69, 9.17) is 5.73 Å². The van der Waals surface area contributed by atoms with Crippen molar-refractivity contribution >= 4 is 5.91 Å². The molecule has 1 aliphatic heterocycles. The van der Waals surface area contributed by atoms with Gasteiger partial charge in [0.25, 0.3) is 0 Å². The SMILES string of the molecule is CC(C(=O)N1CCCCC1CN)c1cccc(F)c1. The van der Waals surface area contributed by atoms with Crippen molar-refractivity contribution in [1.82, 2.24) is 4.90 Å². The van der Waals surface area contributed by atoms with E-state index in [-0.39, 0.29) is 23.7 Å². The van der Waals surface area contributed by atoms with Crippen LogP contribution in [0.2, 0.25) is 0 Å². The molecular formula is C15H21FN2O. The molecule has 0 aromatic heterocycles. The van der Waals surface area contributed by atoms with Gasteiger partial charge in [-0.05, 0) is 43.9 Å². The van der Waals surface area contributed by atoms with Gasteiger partial charge in [0.2, 0.25) is 5.91 Å². The minimum absolute atomic E-state index is 0.0563. The zero-order chi connectivity index (χ0) is 13.8. The molecule has 1 heterocycles. The van der Waals surface area contributed by atoms with Gasteiger partial charge in [-0.2, -0.15) is 0 Å². The van der Waals surface area contributed by atoms with Crippen molar-refractivity contribution in [1.29, 1.82) is 0 Å². The van der Waals surface area contributed by atoms with Crippen molar-refractivity contribution in [2.75, 3.05) is 13.1 Å². The summed E-state index contributed by atoms with van der Waals surface area (Å²) in [6, 6.07) is 6.41. The van der Waals surface area contributed by atoms with Gasteiger partial charge in [0.15, 0.2) is 0 Å². The average molecular weight is 264 g/mol. The Morgan fingerprint density at radius 1 is 1.53 bits per heavy atom. The quantitative estimate of drug-likeness (QED) is 0.910. The van der Waals surface area contributed by atoms with E-state index in [2.05, 4.69) is 0 Å². The molecule has 0 aliphatic carbocycles. The molecule has 3 nitrogen and oxygen atoms in total. The van der Waals surface area contributed by atoms with E-state index < -0.39 is 0 Å². The third-order valence-corrected chi connectivity index (χ3v) is 3.90. The molecule has 0 spiro atoms. The zero-order valence-corrected chi connectivity index (χ0v) is 11.3. The minimum Gasteiger partial charge on any atom is -0.338 e. The largest absolute Gasteiger partial charge is 0.338 e. The molecule has 1 aromatic carbocycles. The van der Waals surface area contributed by atoms with Crippen molar-refractivity contribution in [2.24, 2.45) is 5.73 Å². The number of nitrogens with two attached hydrogens (primary N) is 1. The number of halogens is 1. The van der Waals surface area contributed by atoms with Crippen LogP contribution in [0.3, 0.4) is 0 Å². The van der Waals surface area contributed by atoms with E-state index in [0.29, 0.717) is 6.54 Å². The summed E-state index contributed by atoms with van der Waals surface area (Å²) in [5.41, 5.74) is 6.47. The molecular weight excluding hydrogens is 243 g/mol. The number of amides is 1. The predicted molar refractivity (Wildman–Crippen MR) is 73.2 cm³/mol. The van der Waals surface area contributed by atoms with Gasteiger partial charge in [-0.25, -0.2) is 4.39 Å². The fourth-order valence-corrected chi connectivity index (χ4v) is 2.70. The summed E-state index contributed by atoms with van der Waals surface area (Å²) < 4.78 is 13.2. The lowest BCUT2D eigenvalue weighted by atomic mass is 9.95. The molecule has 2 rings (SSSR count). The normalized spacial score (nSPS) is 21.2. The van der Waals surface area contributed by atoms with Crippen molar-refractivity contribution < 1.29 is 9.18 Å². The fourth-order valence-electron chi connectivity index (χ4n) is 2.70. The summed E-state index contributed by atoms with van der Waals surface area (Å²) in [6.07, 6.45) is 3.12. The number of hydrogen-bond donors (Lipinski definition) is 1. The van der Waals surface area contributed by atoms with E-state index in [1.165, 1.54) is 12.1 Å². The Bertz CT molecular complexity index is 450. The van der Waals surface area contributed by atoms with Crippen LogP contribution in [-0.4, -0.2) is 29.9 Å². The number of carbonyl (C=O) groups is 1. The first-order valence-electron chi connectivity index (χ1n) is 6.89. The number of piperidine rings is 1. The van der Waals surface area contributed by atoms with Crippen LogP contribution >= 0.6 is 0 Å². The lowest BCUT2D eigenvalue weighted by Gasteiger charge is -2.36. The molecule has 1 aromatic rings. The molecule has 0 radical (unpaired) electrons. The summed E-state index contributed by atoms with van der Waals surface area (Å²) in [5, 5.41) is 0. The maximum absolute atomic E-state index is 13.2. The molecule has 1 fully saturated rings. The van der Waals surface area contributed by atoms with Crippen molar-refractivity contribution in [3.63, 3.8) is 0 Å². The number of hydrogen-bond acceptors (Lipinski definition) is 2. The van der Waals surface area contributed by atoms with Crippen LogP contribution in [-0.2, 0) is 4.79 Å². The molecule has 1 saturated heterocycles. The monoisotopic (exact) mass is 264 g/mol. The molecule has 19 heavy (non-hydrogen) atoms. The smallest absolute Gasteiger partial charge is 0.230 e. The predicted octanol–water partition coefficient (Wildman–Crippen LogP) is 2.27. The first kappa shape index (κ1) is 14.0. The molecule has 1 amide bonds. The van der Waals surface area contributed by atoms with Gasteiger partial charge in [-0.3, -0.25) is 4.79 Å². The Kier molecular flexibility index (Phi) is 4.53. The Morgan fingerprint density at radius 3 is 3.00 bits per heavy atom. The third kappa shape index (κ3) is 3.13. The maximum atomic E-state index is 13.2. The highest BCUT2D eigenvalue weighted by Crippen LogP contribution is 2.24. The van der Waals surface area contributed by atoms with Gasteiger partial charge in [0, 0.05) is 19.1 Å². The molecule has 1 aliphatic rings.